The lowest BCUT2D eigenvalue weighted by Crippen LogP contribution is -2.49. The molecule has 0 aromatic heterocycles. The summed E-state index contributed by atoms with van der Waals surface area (Å²) in [5.74, 6) is 2.86. The molecule has 0 bridgehead atoms. The minimum Gasteiger partial charge on any atom is -0.413 e. The van der Waals surface area contributed by atoms with Gasteiger partial charge in [0.1, 0.15) is 6.29 Å². The van der Waals surface area contributed by atoms with Crippen LogP contribution in [0.2, 0.25) is 18.1 Å². The fraction of sp³-hybridized carbons (Fsp3) is 0.938. The summed E-state index contributed by atoms with van der Waals surface area (Å²) in [7, 11) is -1.85. The van der Waals surface area contributed by atoms with Crippen molar-refractivity contribution in [3.8, 4) is 0 Å². The lowest BCUT2D eigenvalue weighted by atomic mass is 9.96. The van der Waals surface area contributed by atoms with Crippen LogP contribution in [0.15, 0.2) is 0 Å². The quantitative estimate of drug-likeness (QED) is 0.496. The molecule has 2 nitrogen and oxygen atoms in total. The van der Waals surface area contributed by atoms with Gasteiger partial charge in [-0.25, -0.2) is 0 Å². The van der Waals surface area contributed by atoms with E-state index in [0.29, 0.717) is 10.5 Å². The van der Waals surface area contributed by atoms with Crippen molar-refractivity contribution in [3.63, 3.8) is 0 Å². The van der Waals surface area contributed by atoms with Crippen LogP contribution < -0.4 is 0 Å². The highest BCUT2D eigenvalue weighted by molar-refractivity contribution is 8.17. The van der Waals surface area contributed by atoms with Crippen molar-refractivity contribution in [1.82, 2.24) is 0 Å². The lowest BCUT2D eigenvalue weighted by Gasteiger charge is -2.43. The Morgan fingerprint density at radius 1 is 1.19 bits per heavy atom. The van der Waals surface area contributed by atoms with E-state index >= 15 is 0 Å². The molecule has 0 radical (unpaired) electrons. The monoisotopic (exact) mass is 348 g/mol. The normalized spacial score (nSPS) is 22.6. The van der Waals surface area contributed by atoms with Crippen LogP contribution in [0, 0.1) is 11.8 Å². The van der Waals surface area contributed by atoms with E-state index in [1.165, 1.54) is 17.9 Å². The minimum atomic E-state index is -1.85. The van der Waals surface area contributed by atoms with Gasteiger partial charge in [0.25, 0.3) is 0 Å². The third-order valence-corrected chi connectivity index (χ3v) is 12.6. The molecule has 21 heavy (non-hydrogen) atoms. The summed E-state index contributed by atoms with van der Waals surface area (Å²) in [6.07, 6.45) is 2.42. The van der Waals surface area contributed by atoms with Gasteiger partial charge in [0, 0.05) is 11.8 Å². The number of rotatable bonds is 6. The van der Waals surface area contributed by atoms with Gasteiger partial charge in [-0.3, -0.25) is 0 Å². The Bertz CT molecular complexity index is 336. The van der Waals surface area contributed by atoms with Crippen LogP contribution in [-0.4, -0.2) is 36.8 Å². The van der Waals surface area contributed by atoms with E-state index < -0.39 is 8.32 Å². The number of carbonyl (C=O) groups is 1. The molecule has 0 aromatic rings. The smallest absolute Gasteiger partial charge is 0.192 e. The van der Waals surface area contributed by atoms with E-state index in [0.717, 1.165) is 6.29 Å². The van der Waals surface area contributed by atoms with E-state index in [1.807, 2.05) is 30.4 Å². The van der Waals surface area contributed by atoms with Gasteiger partial charge in [0.2, 0.25) is 0 Å². The SMILES string of the molecule is C[C@@H](C=O)[C@@H](O[Si](C)(C)C(C)(C)C)[C@@H](C)C1SCCCS1. The molecule has 1 fully saturated rings. The topological polar surface area (TPSA) is 26.3 Å². The van der Waals surface area contributed by atoms with E-state index in [9.17, 15) is 4.79 Å². The Hall–Kier alpha value is 0.547. The van der Waals surface area contributed by atoms with Gasteiger partial charge >= 0.3 is 0 Å². The number of aldehydes is 1. The summed E-state index contributed by atoms with van der Waals surface area (Å²) in [6.45, 7) is 15.6. The van der Waals surface area contributed by atoms with Crippen molar-refractivity contribution in [1.29, 1.82) is 0 Å². The molecule has 1 aliphatic heterocycles. The highest BCUT2D eigenvalue weighted by atomic mass is 32.2. The summed E-state index contributed by atoms with van der Waals surface area (Å²) in [6, 6.07) is 0. The van der Waals surface area contributed by atoms with Crippen molar-refractivity contribution in [2.24, 2.45) is 11.8 Å². The van der Waals surface area contributed by atoms with Crippen LogP contribution in [0.1, 0.15) is 41.0 Å². The summed E-state index contributed by atoms with van der Waals surface area (Å²) in [5.41, 5.74) is 0. The molecule has 3 atom stereocenters. The largest absolute Gasteiger partial charge is 0.413 e. The van der Waals surface area contributed by atoms with Gasteiger partial charge in [-0.15, -0.1) is 23.5 Å². The Morgan fingerprint density at radius 3 is 2.14 bits per heavy atom. The van der Waals surface area contributed by atoms with Crippen LogP contribution in [0.4, 0.5) is 0 Å². The van der Waals surface area contributed by atoms with Crippen LogP contribution in [0.5, 0.6) is 0 Å². The second-order valence-electron chi connectivity index (χ2n) is 7.66. The molecule has 5 heteroatoms. The maximum Gasteiger partial charge on any atom is 0.192 e. The van der Waals surface area contributed by atoms with Crippen LogP contribution in [0.3, 0.4) is 0 Å². The Kier molecular flexibility index (Phi) is 7.36. The Balaban J connectivity index is 2.87. The molecule has 1 aliphatic rings. The molecular formula is C16H32O2S2Si. The summed E-state index contributed by atoms with van der Waals surface area (Å²) < 4.78 is 7.22. The first-order valence-electron chi connectivity index (χ1n) is 7.96. The number of hydrogen-bond donors (Lipinski definition) is 0. The van der Waals surface area contributed by atoms with Gasteiger partial charge in [-0.2, -0.15) is 0 Å². The first kappa shape index (κ1) is 19.6. The standard InChI is InChI=1S/C16H32O2S2Si/c1-12(11-17)14(18-21(6,7)16(3,4)5)13(2)15-19-9-8-10-20-15/h11-15H,8-10H2,1-7H3/t12-,13+,14+/m0/s1. The molecule has 0 saturated carbocycles. The molecule has 0 aliphatic carbocycles. The van der Waals surface area contributed by atoms with Gasteiger partial charge in [0.15, 0.2) is 8.32 Å². The van der Waals surface area contributed by atoms with Crippen LogP contribution in [0.25, 0.3) is 0 Å². The van der Waals surface area contributed by atoms with Crippen molar-refractivity contribution in [2.45, 2.75) is 69.9 Å². The molecule has 1 heterocycles. The molecule has 0 spiro atoms. The highest BCUT2D eigenvalue weighted by Crippen LogP contribution is 2.43. The molecule has 124 valence electrons. The second kappa shape index (κ2) is 7.89. The zero-order valence-corrected chi connectivity index (χ0v) is 17.3. The van der Waals surface area contributed by atoms with Gasteiger partial charge < -0.3 is 9.22 Å². The molecule has 0 N–H and O–H groups in total. The summed E-state index contributed by atoms with van der Waals surface area (Å²) in [5, 5.41) is 0.181. The summed E-state index contributed by atoms with van der Waals surface area (Å²) >= 11 is 4.09. The maximum atomic E-state index is 11.4. The average Bonchev–Trinajstić information content (AvgIpc) is 2.43. The Morgan fingerprint density at radius 2 is 1.71 bits per heavy atom. The molecule has 0 amide bonds. The maximum absolute atomic E-state index is 11.4. The van der Waals surface area contributed by atoms with Crippen LogP contribution in [-0.2, 0) is 9.22 Å². The fourth-order valence-corrected chi connectivity index (χ4v) is 6.86. The van der Waals surface area contributed by atoms with Gasteiger partial charge in [-0.1, -0.05) is 34.6 Å². The molecular weight excluding hydrogens is 316 g/mol. The van der Waals surface area contributed by atoms with Crippen molar-refractivity contribution in [2.75, 3.05) is 11.5 Å². The lowest BCUT2D eigenvalue weighted by molar-refractivity contribution is -0.114. The predicted molar refractivity (Wildman–Crippen MR) is 99.8 cm³/mol. The average molecular weight is 349 g/mol. The molecule has 1 rings (SSSR count). The number of hydrogen-bond acceptors (Lipinski definition) is 4. The molecule has 0 unspecified atom stereocenters. The van der Waals surface area contributed by atoms with Gasteiger partial charge in [-0.05, 0) is 36.1 Å². The zero-order valence-electron chi connectivity index (χ0n) is 14.6. The van der Waals surface area contributed by atoms with E-state index in [4.69, 9.17) is 4.43 Å². The molecule has 0 aromatic carbocycles. The number of thioether (sulfide) groups is 2. The third kappa shape index (κ3) is 5.29. The van der Waals surface area contributed by atoms with Gasteiger partial charge in [0.05, 0.1) is 10.7 Å². The van der Waals surface area contributed by atoms with Crippen molar-refractivity contribution < 1.29 is 9.22 Å². The van der Waals surface area contributed by atoms with Crippen LogP contribution >= 0.6 is 23.5 Å². The zero-order chi connectivity index (χ0) is 16.3. The highest BCUT2D eigenvalue weighted by Gasteiger charge is 2.42. The second-order valence-corrected chi connectivity index (χ2v) is 15.2. The number of carbonyl (C=O) groups excluding carboxylic acids is 1. The first-order chi connectivity index (χ1) is 9.60. The molecule has 1 saturated heterocycles. The predicted octanol–water partition coefficient (Wildman–Crippen LogP) is 5.04. The first-order valence-corrected chi connectivity index (χ1v) is 13.0. The fourth-order valence-electron chi connectivity index (χ4n) is 2.25. The van der Waals surface area contributed by atoms with E-state index in [1.54, 1.807) is 0 Å². The minimum absolute atomic E-state index is 0.0303. The van der Waals surface area contributed by atoms with E-state index in [-0.39, 0.29) is 17.1 Å². The van der Waals surface area contributed by atoms with E-state index in [2.05, 4.69) is 40.8 Å². The summed E-state index contributed by atoms with van der Waals surface area (Å²) in [4.78, 5) is 11.4. The third-order valence-electron chi connectivity index (χ3n) is 4.77. The Labute approximate surface area is 140 Å². The van der Waals surface area contributed by atoms with Crippen molar-refractivity contribution >= 4 is 38.1 Å². The van der Waals surface area contributed by atoms with Crippen molar-refractivity contribution in [3.05, 3.63) is 0 Å².